The minimum Gasteiger partial charge on any atom is -0.321 e. The molecule has 0 heterocycles. The van der Waals surface area contributed by atoms with Crippen molar-refractivity contribution in [1.82, 2.24) is 0 Å². The molecule has 96 valence electrons. The molecule has 1 aromatic carbocycles. The Morgan fingerprint density at radius 3 is 2.33 bits per heavy atom. The Balaban J connectivity index is 1.87. The van der Waals surface area contributed by atoms with Crippen LogP contribution in [0.3, 0.4) is 0 Å². The molecule has 0 aromatic heterocycles. The summed E-state index contributed by atoms with van der Waals surface area (Å²) < 4.78 is 0. The summed E-state index contributed by atoms with van der Waals surface area (Å²) in [6.45, 7) is 0. The first-order valence-corrected chi connectivity index (χ1v) is 7.62. The van der Waals surface area contributed by atoms with Crippen molar-refractivity contribution in [3.05, 3.63) is 35.9 Å². The van der Waals surface area contributed by atoms with Gasteiger partial charge in [0.25, 0.3) is 0 Å². The largest absolute Gasteiger partial charge is 0.321 e. The van der Waals surface area contributed by atoms with Crippen molar-refractivity contribution in [2.45, 2.75) is 50.5 Å². The van der Waals surface area contributed by atoms with Gasteiger partial charge >= 0.3 is 0 Å². The van der Waals surface area contributed by atoms with E-state index >= 15 is 0 Å². The topological polar surface area (TPSA) is 26.0 Å². The van der Waals surface area contributed by atoms with Crippen LogP contribution >= 0.6 is 0 Å². The van der Waals surface area contributed by atoms with E-state index in [0.717, 1.165) is 11.8 Å². The van der Waals surface area contributed by atoms with Crippen molar-refractivity contribution in [3.8, 4) is 0 Å². The molecule has 2 N–H and O–H groups in total. The zero-order valence-electron chi connectivity index (χ0n) is 11.1. The van der Waals surface area contributed by atoms with Gasteiger partial charge in [-0.2, -0.15) is 0 Å². The van der Waals surface area contributed by atoms with Gasteiger partial charge in [-0.05, 0) is 54.9 Å². The van der Waals surface area contributed by atoms with E-state index in [-0.39, 0.29) is 5.54 Å². The zero-order chi connectivity index (χ0) is 12.2. The van der Waals surface area contributed by atoms with Crippen LogP contribution in [0.5, 0.6) is 0 Å². The highest BCUT2D eigenvalue weighted by atomic mass is 14.9. The van der Waals surface area contributed by atoms with Crippen LogP contribution in [0.15, 0.2) is 30.3 Å². The summed E-state index contributed by atoms with van der Waals surface area (Å²) in [5.41, 5.74) is 8.94. The Morgan fingerprint density at radius 2 is 1.61 bits per heavy atom. The first kappa shape index (κ1) is 11.0. The molecule has 3 unspecified atom stereocenters. The molecule has 0 amide bonds. The van der Waals surface area contributed by atoms with Crippen LogP contribution in [0.2, 0.25) is 0 Å². The van der Waals surface area contributed by atoms with Gasteiger partial charge in [0.05, 0.1) is 0 Å². The average molecular weight is 241 g/mol. The monoisotopic (exact) mass is 241 g/mol. The maximum absolute atomic E-state index is 7.11. The molecule has 0 saturated heterocycles. The molecule has 1 spiro atoms. The first-order chi connectivity index (χ1) is 8.77. The summed E-state index contributed by atoms with van der Waals surface area (Å²) in [4.78, 5) is 0. The van der Waals surface area contributed by atoms with Gasteiger partial charge < -0.3 is 5.73 Å². The van der Waals surface area contributed by atoms with Crippen LogP contribution in [0.4, 0.5) is 0 Å². The normalized spacial score (nSPS) is 40.7. The lowest BCUT2D eigenvalue weighted by molar-refractivity contribution is 0.0513. The number of hydrogen-bond donors (Lipinski definition) is 1. The van der Waals surface area contributed by atoms with Crippen LogP contribution in [-0.2, 0) is 5.54 Å². The maximum atomic E-state index is 7.11. The number of hydrogen-bond acceptors (Lipinski definition) is 1. The van der Waals surface area contributed by atoms with Gasteiger partial charge in [0, 0.05) is 5.54 Å². The molecule has 1 heteroatoms. The minimum absolute atomic E-state index is 0.0202. The third kappa shape index (κ3) is 1.12. The lowest BCUT2D eigenvalue weighted by Crippen LogP contribution is -2.55. The molecule has 2 bridgehead atoms. The smallest absolute Gasteiger partial charge is 0.0497 e. The number of rotatable bonds is 1. The van der Waals surface area contributed by atoms with Gasteiger partial charge in [-0.25, -0.2) is 0 Å². The number of nitrogens with two attached hydrogens (primary N) is 1. The fourth-order valence-corrected chi connectivity index (χ4v) is 5.71. The zero-order valence-corrected chi connectivity index (χ0v) is 11.1. The van der Waals surface area contributed by atoms with Gasteiger partial charge in [-0.3, -0.25) is 0 Å². The van der Waals surface area contributed by atoms with Gasteiger partial charge in [-0.1, -0.05) is 43.2 Å². The van der Waals surface area contributed by atoms with Crippen LogP contribution < -0.4 is 5.73 Å². The van der Waals surface area contributed by atoms with Crippen molar-refractivity contribution < 1.29 is 0 Å². The summed E-state index contributed by atoms with van der Waals surface area (Å²) in [6, 6.07) is 11.0. The molecule has 1 nitrogen and oxygen atoms in total. The molecule has 3 atom stereocenters. The van der Waals surface area contributed by atoms with Crippen molar-refractivity contribution in [2.75, 3.05) is 0 Å². The van der Waals surface area contributed by atoms with Crippen molar-refractivity contribution in [3.63, 3.8) is 0 Å². The average Bonchev–Trinajstić information content (AvgIpc) is 3.11. The molecule has 1 aromatic rings. The molecular formula is C17H23N. The Hall–Kier alpha value is -0.820. The molecule has 3 fully saturated rings. The molecule has 0 aliphatic heterocycles. The third-order valence-corrected chi connectivity index (χ3v) is 6.43. The van der Waals surface area contributed by atoms with Crippen molar-refractivity contribution in [2.24, 2.45) is 23.0 Å². The van der Waals surface area contributed by atoms with E-state index in [1.165, 1.54) is 50.5 Å². The number of benzene rings is 1. The minimum atomic E-state index is -0.0202. The Bertz CT molecular complexity index is 446. The molecular weight excluding hydrogens is 218 g/mol. The lowest BCUT2D eigenvalue weighted by atomic mass is 9.58. The van der Waals surface area contributed by atoms with Gasteiger partial charge in [0.15, 0.2) is 0 Å². The predicted molar refractivity (Wildman–Crippen MR) is 74.0 cm³/mol. The standard InChI is InChI=1S/C17H23N/c18-17(13-6-2-1-3-7-13)15-9-8-14(12-15)16(17)10-4-5-11-16/h1-3,6-7,14-15H,4-5,8-12,18H2. The van der Waals surface area contributed by atoms with E-state index in [2.05, 4.69) is 30.3 Å². The Morgan fingerprint density at radius 1 is 0.944 bits per heavy atom. The highest BCUT2D eigenvalue weighted by Gasteiger charge is 2.66. The number of fused-ring (bicyclic) bond motifs is 3. The second-order valence-electron chi connectivity index (χ2n) is 6.81. The Kier molecular flexibility index (Phi) is 2.21. The summed E-state index contributed by atoms with van der Waals surface area (Å²) in [6.07, 6.45) is 9.74. The fraction of sp³-hybridized carbons (Fsp3) is 0.647. The predicted octanol–water partition coefficient (Wildman–Crippen LogP) is 3.83. The quantitative estimate of drug-likeness (QED) is 0.794. The summed E-state index contributed by atoms with van der Waals surface area (Å²) >= 11 is 0. The van der Waals surface area contributed by atoms with E-state index in [9.17, 15) is 0 Å². The van der Waals surface area contributed by atoms with E-state index in [0.29, 0.717) is 5.41 Å². The van der Waals surface area contributed by atoms with Crippen molar-refractivity contribution in [1.29, 1.82) is 0 Å². The molecule has 3 aliphatic carbocycles. The highest BCUT2D eigenvalue weighted by Crippen LogP contribution is 2.70. The highest BCUT2D eigenvalue weighted by molar-refractivity contribution is 5.34. The summed E-state index contributed by atoms with van der Waals surface area (Å²) in [7, 11) is 0. The van der Waals surface area contributed by atoms with Gasteiger partial charge in [0.1, 0.15) is 0 Å². The SMILES string of the molecule is NC1(c2ccccc2)C2CCC(C2)C12CCCC2. The van der Waals surface area contributed by atoms with Crippen molar-refractivity contribution >= 4 is 0 Å². The molecule has 3 saturated carbocycles. The first-order valence-electron chi connectivity index (χ1n) is 7.62. The Labute approximate surface area is 110 Å². The lowest BCUT2D eigenvalue weighted by Gasteiger charge is -2.50. The van der Waals surface area contributed by atoms with E-state index in [4.69, 9.17) is 5.73 Å². The molecule has 3 aliphatic rings. The molecule has 0 radical (unpaired) electrons. The second kappa shape index (κ2) is 3.60. The van der Waals surface area contributed by atoms with Crippen LogP contribution in [-0.4, -0.2) is 0 Å². The van der Waals surface area contributed by atoms with Gasteiger partial charge in [0.2, 0.25) is 0 Å². The van der Waals surface area contributed by atoms with E-state index in [1.807, 2.05) is 0 Å². The molecule has 18 heavy (non-hydrogen) atoms. The van der Waals surface area contributed by atoms with E-state index < -0.39 is 0 Å². The van der Waals surface area contributed by atoms with Crippen LogP contribution in [0.25, 0.3) is 0 Å². The summed E-state index contributed by atoms with van der Waals surface area (Å²) in [5.74, 6) is 1.65. The van der Waals surface area contributed by atoms with Gasteiger partial charge in [-0.15, -0.1) is 0 Å². The van der Waals surface area contributed by atoms with E-state index in [1.54, 1.807) is 0 Å². The summed E-state index contributed by atoms with van der Waals surface area (Å²) in [5, 5.41) is 0. The van der Waals surface area contributed by atoms with Crippen LogP contribution in [0.1, 0.15) is 50.5 Å². The third-order valence-electron chi connectivity index (χ3n) is 6.43. The fourth-order valence-electron chi connectivity index (χ4n) is 5.71. The second-order valence-corrected chi connectivity index (χ2v) is 6.81. The van der Waals surface area contributed by atoms with Crippen LogP contribution in [0, 0.1) is 17.3 Å². The maximum Gasteiger partial charge on any atom is 0.0497 e. The molecule has 4 rings (SSSR count).